The van der Waals surface area contributed by atoms with Gasteiger partial charge in [0.25, 0.3) is 0 Å². The Morgan fingerprint density at radius 2 is 2.18 bits per heavy atom. The predicted molar refractivity (Wildman–Crippen MR) is 64.7 cm³/mol. The van der Waals surface area contributed by atoms with Crippen LogP contribution in [0.4, 0.5) is 0 Å². The molecule has 1 saturated heterocycles. The highest BCUT2D eigenvalue weighted by Gasteiger charge is 2.33. The monoisotopic (exact) mass is 234 g/mol. The van der Waals surface area contributed by atoms with Gasteiger partial charge in [-0.25, -0.2) is 0 Å². The lowest BCUT2D eigenvalue weighted by Gasteiger charge is -2.41. The Bertz CT molecular complexity index is 374. The van der Waals surface area contributed by atoms with E-state index in [1.54, 1.807) is 19.3 Å². The number of carboxylic acids is 1. The summed E-state index contributed by atoms with van der Waals surface area (Å²) in [5.74, 6) is -0.569. The van der Waals surface area contributed by atoms with Crippen molar-refractivity contribution in [2.75, 3.05) is 19.6 Å². The second-order valence-electron chi connectivity index (χ2n) is 4.75. The zero-order valence-corrected chi connectivity index (χ0v) is 10.0. The molecular weight excluding hydrogens is 216 g/mol. The van der Waals surface area contributed by atoms with Crippen molar-refractivity contribution in [3.05, 3.63) is 30.1 Å². The molecule has 92 valence electrons. The average molecular weight is 234 g/mol. The highest BCUT2D eigenvalue weighted by atomic mass is 16.4. The molecule has 1 atom stereocenters. The molecule has 1 N–H and O–H groups in total. The number of hydrogen-bond acceptors (Lipinski definition) is 3. The molecule has 0 radical (unpaired) electrons. The summed E-state index contributed by atoms with van der Waals surface area (Å²) in [4.78, 5) is 17.1. The predicted octanol–water partition coefficient (Wildman–Crippen LogP) is 1.28. The van der Waals surface area contributed by atoms with Gasteiger partial charge in [0.1, 0.15) is 0 Å². The highest BCUT2D eigenvalue weighted by molar-refractivity contribution is 5.70. The quantitative estimate of drug-likeness (QED) is 0.833. The van der Waals surface area contributed by atoms with Crippen molar-refractivity contribution in [2.24, 2.45) is 11.8 Å². The van der Waals surface area contributed by atoms with E-state index in [1.165, 1.54) is 5.56 Å². The molecule has 1 aliphatic heterocycles. The molecule has 0 saturated carbocycles. The third kappa shape index (κ3) is 3.03. The van der Waals surface area contributed by atoms with Crippen LogP contribution in [0.5, 0.6) is 0 Å². The number of pyridine rings is 1. The third-order valence-corrected chi connectivity index (χ3v) is 3.55. The maximum absolute atomic E-state index is 10.8. The van der Waals surface area contributed by atoms with E-state index in [4.69, 9.17) is 5.11 Å². The number of nitrogens with zero attached hydrogens (tertiary/aromatic N) is 2. The largest absolute Gasteiger partial charge is 0.481 e. The van der Waals surface area contributed by atoms with Crippen LogP contribution in [0.15, 0.2) is 24.5 Å². The first kappa shape index (κ1) is 12.0. The van der Waals surface area contributed by atoms with Gasteiger partial charge in [-0.15, -0.1) is 0 Å². The summed E-state index contributed by atoms with van der Waals surface area (Å²) in [6.07, 6.45) is 4.62. The molecule has 1 fully saturated rings. The Kier molecular flexibility index (Phi) is 3.74. The van der Waals surface area contributed by atoms with E-state index >= 15 is 0 Å². The van der Waals surface area contributed by atoms with E-state index in [0.717, 1.165) is 26.1 Å². The second-order valence-corrected chi connectivity index (χ2v) is 4.75. The van der Waals surface area contributed by atoms with Crippen LogP contribution in [-0.4, -0.2) is 40.6 Å². The maximum Gasteiger partial charge on any atom is 0.306 e. The molecule has 4 heteroatoms. The molecule has 2 heterocycles. The Morgan fingerprint density at radius 3 is 2.76 bits per heavy atom. The van der Waals surface area contributed by atoms with E-state index in [-0.39, 0.29) is 5.92 Å². The number of aliphatic carboxylic acids is 1. The lowest BCUT2D eigenvalue weighted by atomic mass is 9.87. The fraction of sp³-hybridized carbons (Fsp3) is 0.538. The summed E-state index contributed by atoms with van der Waals surface area (Å²) in [6.45, 7) is 4.64. The molecule has 2 rings (SSSR count). The first-order valence-corrected chi connectivity index (χ1v) is 6.01. The van der Waals surface area contributed by atoms with Gasteiger partial charge in [-0.1, -0.05) is 6.92 Å². The fourth-order valence-corrected chi connectivity index (χ4v) is 2.15. The van der Waals surface area contributed by atoms with Crippen LogP contribution in [0, 0.1) is 11.8 Å². The summed E-state index contributed by atoms with van der Waals surface area (Å²) in [5, 5.41) is 8.89. The molecule has 1 aromatic heterocycles. The minimum atomic E-state index is -0.677. The Labute approximate surface area is 101 Å². The van der Waals surface area contributed by atoms with Gasteiger partial charge in [0, 0.05) is 32.0 Å². The van der Waals surface area contributed by atoms with E-state index < -0.39 is 5.97 Å². The third-order valence-electron chi connectivity index (χ3n) is 3.55. The molecule has 1 unspecified atom stereocenters. The zero-order chi connectivity index (χ0) is 12.3. The topological polar surface area (TPSA) is 53.4 Å². The number of carbonyl (C=O) groups is 1. The fourth-order valence-electron chi connectivity index (χ4n) is 2.15. The van der Waals surface area contributed by atoms with Crippen molar-refractivity contribution < 1.29 is 9.90 Å². The highest BCUT2D eigenvalue weighted by Crippen LogP contribution is 2.23. The van der Waals surface area contributed by atoms with Crippen LogP contribution in [0.3, 0.4) is 0 Å². The molecule has 0 bridgehead atoms. The van der Waals surface area contributed by atoms with Crippen LogP contribution >= 0.6 is 0 Å². The van der Waals surface area contributed by atoms with Gasteiger partial charge in [0.05, 0.1) is 5.92 Å². The minimum Gasteiger partial charge on any atom is -0.481 e. The molecule has 0 amide bonds. The van der Waals surface area contributed by atoms with Crippen LogP contribution in [0.1, 0.15) is 12.5 Å². The van der Waals surface area contributed by atoms with Gasteiger partial charge in [0.15, 0.2) is 0 Å². The van der Waals surface area contributed by atoms with E-state index in [1.807, 2.05) is 12.1 Å². The molecule has 1 aromatic rings. The van der Waals surface area contributed by atoms with Crippen molar-refractivity contribution >= 4 is 5.97 Å². The molecule has 0 spiro atoms. The van der Waals surface area contributed by atoms with Gasteiger partial charge in [-0.3, -0.25) is 9.78 Å². The molecule has 0 aliphatic carbocycles. The van der Waals surface area contributed by atoms with Crippen molar-refractivity contribution in [1.29, 1.82) is 0 Å². The zero-order valence-electron chi connectivity index (χ0n) is 10.0. The van der Waals surface area contributed by atoms with Gasteiger partial charge in [0.2, 0.25) is 0 Å². The molecule has 1 aliphatic rings. The normalized spacial score (nSPS) is 18.6. The maximum atomic E-state index is 10.8. The lowest BCUT2D eigenvalue weighted by Crippen LogP contribution is -2.51. The summed E-state index contributed by atoms with van der Waals surface area (Å²) in [7, 11) is 0. The van der Waals surface area contributed by atoms with Crippen molar-refractivity contribution in [2.45, 2.75) is 13.3 Å². The summed E-state index contributed by atoms with van der Waals surface area (Å²) < 4.78 is 0. The average Bonchev–Trinajstić information content (AvgIpc) is 2.28. The Morgan fingerprint density at radius 1 is 1.53 bits per heavy atom. The van der Waals surface area contributed by atoms with Gasteiger partial charge < -0.3 is 10.0 Å². The second kappa shape index (κ2) is 5.27. The lowest BCUT2D eigenvalue weighted by molar-refractivity contribution is -0.145. The van der Waals surface area contributed by atoms with Crippen molar-refractivity contribution in [1.82, 2.24) is 9.88 Å². The molecule has 4 nitrogen and oxygen atoms in total. The molecule has 17 heavy (non-hydrogen) atoms. The van der Waals surface area contributed by atoms with Crippen LogP contribution in [-0.2, 0) is 11.2 Å². The number of rotatable bonds is 5. The SMILES string of the molecule is CC(C(=O)O)C1CN(CCc2ccncc2)C1. The number of hydrogen-bond donors (Lipinski definition) is 1. The van der Waals surface area contributed by atoms with Crippen molar-refractivity contribution in [3.8, 4) is 0 Å². The summed E-state index contributed by atoms with van der Waals surface area (Å²) in [6, 6.07) is 4.05. The smallest absolute Gasteiger partial charge is 0.306 e. The van der Waals surface area contributed by atoms with E-state index in [0.29, 0.717) is 5.92 Å². The Hall–Kier alpha value is -1.42. The van der Waals surface area contributed by atoms with Crippen LogP contribution in [0.2, 0.25) is 0 Å². The van der Waals surface area contributed by atoms with Gasteiger partial charge in [-0.2, -0.15) is 0 Å². The molecule has 0 aromatic carbocycles. The number of likely N-dealkylation sites (tertiary alicyclic amines) is 1. The molecular formula is C13H18N2O2. The first-order valence-electron chi connectivity index (χ1n) is 6.01. The first-order chi connectivity index (χ1) is 8.16. The standard InChI is InChI=1S/C13H18N2O2/c1-10(13(16)17)12-8-15(9-12)7-4-11-2-5-14-6-3-11/h2-3,5-6,10,12H,4,7-9H2,1H3,(H,16,17). The van der Waals surface area contributed by atoms with Crippen LogP contribution < -0.4 is 0 Å². The van der Waals surface area contributed by atoms with Crippen LogP contribution in [0.25, 0.3) is 0 Å². The Balaban J connectivity index is 1.70. The summed E-state index contributed by atoms with van der Waals surface area (Å²) >= 11 is 0. The van der Waals surface area contributed by atoms with E-state index in [9.17, 15) is 4.79 Å². The van der Waals surface area contributed by atoms with Gasteiger partial charge >= 0.3 is 5.97 Å². The van der Waals surface area contributed by atoms with Crippen molar-refractivity contribution in [3.63, 3.8) is 0 Å². The minimum absolute atomic E-state index is 0.216. The number of aromatic nitrogens is 1. The van der Waals surface area contributed by atoms with Gasteiger partial charge in [-0.05, 0) is 30.0 Å². The summed E-state index contributed by atoms with van der Waals surface area (Å²) in [5.41, 5.74) is 1.29. The number of carboxylic acid groups (broad SMARTS) is 1. The van der Waals surface area contributed by atoms with E-state index in [2.05, 4.69) is 9.88 Å².